The van der Waals surface area contributed by atoms with Gasteiger partial charge in [-0.05, 0) is 39.0 Å². The number of rotatable bonds is 1. The third-order valence-electron chi connectivity index (χ3n) is 1.82. The molecule has 0 atom stereocenters. The minimum absolute atomic E-state index is 0.241. The van der Waals surface area contributed by atoms with E-state index in [-0.39, 0.29) is 17.0 Å². The molecule has 1 amide bonds. The number of anilines is 1. The first-order chi connectivity index (χ1) is 7.81. The summed E-state index contributed by atoms with van der Waals surface area (Å²) in [5.74, 6) is 0.241. The number of nitrogens with one attached hydrogen (secondary N) is 1. The molecule has 0 unspecified atom stereocenters. The van der Waals surface area contributed by atoms with Crippen molar-refractivity contribution in [2.24, 2.45) is 0 Å². The second kappa shape index (κ2) is 4.74. The van der Waals surface area contributed by atoms with E-state index in [0.717, 1.165) is 0 Å². The van der Waals surface area contributed by atoms with E-state index in [1.165, 1.54) is 18.2 Å². The van der Waals surface area contributed by atoms with E-state index in [4.69, 9.17) is 15.7 Å². The van der Waals surface area contributed by atoms with Gasteiger partial charge in [0.2, 0.25) is 0 Å². The number of hydrogen-bond donors (Lipinski definition) is 2. The lowest BCUT2D eigenvalue weighted by molar-refractivity contribution is 0.191. The van der Waals surface area contributed by atoms with Gasteiger partial charge < -0.3 is 15.8 Å². The van der Waals surface area contributed by atoms with Gasteiger partial charge in [0.05, 0.1) is 17.3 Å². The van der Waals surface area contributed by atoms with Crippen LogP contribution in [0.2, 0.25) is 0 Å². The van der Waals surface area contributed by atoms with Crippen LogP contribution in [0, 0.1) is 11.3 Å². The van der Waals surface area contributed by atoms with E-state index in [2.05, 4.69) is 5.32 Å². The summed E-state index contributed by atoms with van der Waals surface area (Å²) in [4.78, 5) is 11.5. The fourth-order valence-electron chi connectivity index (χ4n) is 1.14. The Bertz CT molecular complexity index is 470. The quantitative estimate of drug-likeness (QED) is 0.726. The maximum atomic E-state index is 11.5. The van der Waals surface area contributed by atoms with E-state index in [1.807, 2.05) is 26.8 Å². The fraction of sp³-hybridized carbons (Fsp3) is 0.333. The first-order valence-electron chi connectivity index (χ1n) is 5.11. The topological polar surface area (TPSA) is 88.1 Å². The number of nitriles is 1. The molecule has 1 rings (SSSR count). The van der Waals surface area contributed by atoms with Crippen molar-refractivity contribution in [1.29, 1.82) is 5.26 Å². The van der Waals surface area contributed by atoms with Crippen LogP contribution in [0.25, 0.3) is 0 Å². The third kappa shape index (κ3) is 4.03. The predicted molar refractivity (Wildman–Crippen MR) is 64.5 cm³/mol. The van der Waals surface area contributed by atoms with Crippen LogP contribution < -0.4 is 15.8 Å². The standard InChI is InChI=1S/C12H15N3O2/c1-12(2,3)15-11(16)17-10-5-4-8(7-13)6-9(10)14/h4-6H,14H2,1-3H3,(H,15,16). The van der Waals surface area contributed by atoms with Crippen molar-refractivity contribution in [3.63, 3.8) is 0 Å². The second-order valence-corrected chi connectivity index (χ2v) is 4.63. The molecule has 0 saturated heterocycles. The number of nitrogen functional groups attached to an aromatic ring is 1. The van der Waals surface area contributed by atoms with E-state index >= 15 is 0 Å². The fourth-order valence-corrected chi connectivity index (χ4v) is 1.14. The van der Waals surface area contributed by atoms with Gasteiger partial charge in [0, 0.05) is 5.54 Å². The minimum atomic E-state index is -0.575. The summed E-state index contributed by atoms with van der Waals surface area (Å²) in [5.41, 5.74) is 5.96. The number of carbonyl (C=O) groups is 1. The van der Waals surface area contributed by atoms with E-state index in [0.29, 0.717) is 5.56 Å². The average molecular weight is 233 g/mol. The zero-order chi connectivity index (χ0) is 13.1. The number of amides is 1. The molecule has 0 aliphatic rings. The first-order valence-corrected chi connectivity index (χ1v) is 5.11. The van der Waals surface area contributed by atoms with Gasteiger partial charge >= 0.3 is 6.09 Å². The molecule has 0 spiro atoms. The molecule has 0 aliphatic carbocycles. The van der Waals surface area contributed by atoms with Crippen LogP contribution in [-0.2, 0) is 0 Å². The number of ether oxygens (including phenoxy) is 1. The molecule has 0 aliphatic heterocycles. The Hall–Kier alpha value is -2.22. The van der Waals surface area contributed by atoms with Crippen molar-refractivity contribution in [2.75, 3.05) is 5.73 Å². The van der Waals surface area contributed by atoms with Gasteiger partial charge in [0.25, 0.3) is 0 Å². The van der Waals surface area contributed by atoms with Crippen molar-refractivity contribution >= 4 is 11.8 Å². The van der Waals surface area contributed by atoms with E-state index in [1.54, 1.807) is 0 Å². The highest BCUT2D eigenvalue weighted by atomic mass is 16.6. The van der Waals surface area contributed by atoms with Crippen molar-refractivity contribution in [3.05, 3.63) is 23.8 Å². The minimum Gasteiger partial charge on any atom is -0.408 e. The Labute approximate surface area is 100 Å². The van der Waals surface area contributed by atoms with Crippen molar-refractivity contribution in [1.82, 2.24) is 5.32 Å². The summed E-state index contributed by atoms with van der Waals surface area (Å²) in [6, 6.07) is 6.44. The lowest BCUT2D eigenvalue weighted by Gasteiger charge is -2.20. The molecule has 1 aromatic rings. The van der Waals surface area contributed by atoms with Gasteiger partial charge in [0.15, 0.2) is 5.75 Å². The second-order valence-electron chi connectivity index (χ2n) is 4.63. The molecule has 0 fully saturated rings. The maximum absolute atomic E-state index is 11.5. The molecule has 90 valence electrons. The molecular formula is C12H15N3O2. The predicted octanol–water partition coefficient (Wildman–Crippen LogP) is 2.03. The van der Waals surface area contributed by atoms with Gasteiger partial charge in [-0.25, -0.2) is 4.79 Å². The normalized spacial score (nSPS) is 10.5. The lowest BCUT2D eigenvalue weighted by Crippen LogP contribution is -2.42. The average Bonchev–Trinajstić information content (AvgIpc) is 2.18. The molecule has 0 saturated carbocycles. The lowest BCUT2D eigenvalue weighted by atomic mass is 10.1. The molecule has 5 nitrogen and oxygen atoms in total. The molecule has 0 aromatic heterocycles. The first kappa shape index (κ1) is 12.8. The Morgan fingerprint density at radius 2 is 2.12 bits per heavy atom. The molecule has 5 heteroatoms. The zero-order valence-electron chi connectivity index (χ0n) is 10.1. The van der Waals surface area contributed by atoms with Gasteiger partial charge in [0.1, 0.15) is 0 Å². The highest BCUT2D eigenvalue weighted by Crippen LogP contribution is 2.22. The number of nitrogens with zero attached hydrogens (tertiary/aromatic N) is 1. The third-order valence-corrected chi connectivity index (χ3v) is 1.82. The monoisotopic (exact) mass is 233 g/mol. The van der Waals surface area contributed by atoms with Crippen molar-refractivity contribution in [2.45, 2.75) is 26.3 Å². The van der Waals surface area contributed by atoms with Gasteiger partial charge in [-0.3, -0.25) is 0 Å². The summed E-state index contributed by atoms with van der Waals surface area (Å²) >= 11 is 0. The summed E-state index contributed by atoms with van der Waals surface area (Å²) in [6.07, 6.45) is -0.575. The Kier molecular flexibility index (Phi) is 3.59. The molecule has 1 aromatic carbocycles. The van der Waals surface area contributed by atoms with Crippen LogP contribution in [0.1, 0.15) is 26.3 Å². The Morgan fingerprint density at radius 1 is 1.47 bits per heavy atom. The Morgan fingerprint density at radius 3 is 2.59 bits per heavy atom. The SMILES string of the molecule is CC(C)(C)NC(=O)Oc1ccc(C#N)cc1N. The van der Waals surface area contributed by atoms with Crippen LogP contribution in [-0.4, -0.2) is 11.6 Å². The van der Waals surface area contributed by atoms with Gasteiger partial charge in [-0.2, -0.15) is 5.26 Å². The summed E-state index contributed by atoms with van der Waals surface area (Å²) in [7, 11) is 0. The molecule has 0 radical (unpaired) electrons. The Balaban J connectivity index is 2.76. The molecule has 3 N–H and O–H groups in total. The number of carbonyl (C=O) groups excluding carboxylic acids is 1. The summed E-state index contributed by atoms with van der Waals surface area (Å²) < 4.78 is 5.04. The maximum Gasteiger partial charge on any atom is 0.413 e. The largest absolute Gasteiger partial charge is 0.413 e. The van der Waals surface area contributed by atoms with Crippen LogP contribution >= 0.6 is 0 Å². The number of hydrogen-bond acceptors (Lipinski definition) is 4. The zero-order valence-corrected chi connectivity index (χ0v) is 10.1. The van der Waals surface area contributed by atoms with Gasteiger partial charge in [-0.15, -0.1) is 0 Å². The summed E-state index contributed by atoms with van der Waals surface area (Å²) in [5, 5.41) is 11.3. The molecule has 0 heterocycles. The van der Waals surface area contributed by atoms with Crippen molar-refractivity contribution < 1.29 is 9.53 Å². The van der Waals surface area contributed by atoms with Crippen LogP contribution in [0.5, 0.6) is 5.75 Å². The number of nitrogens with two attached hydrogens (primary N) is 1. The highest BCUT2D eigenvalue weighted by Gasteiger charge is 2.16. The summed E-state index contributed by atoms with van der Waals surface area (Å²) in [6.45, 7) is 5.53. The molecular weight excluding hydrogens is 218 g/mol. The van der Waals surface area contributed by atoms with Crippen molar-refractivity contribution in [3.8, 4) is 11.8 Å². The van der Waals surface area contributed by atoms with E-state index in [9.17, 15) is 4.79 Å². The molecule has 17 heavy (non-hydrogen) atoms. The van der Waals surface area contributed by atoms with Crippen LogP contribution in [0.3, 0.4) is 0 Å². The smallest absolute Gasteiger partial charge is 0.408 e. The van der Waals surface area contributed by atoms with Crippen LogP contribution in [0.4, 0.5) is 10.5 Å². The van der Waals surface area contributed by atoms with E-state index < -0.39 is 6.09 Å². The van der Waals surface area contributed by atoms with Crippen LogP contribution in [0.15, 0.2) is 18.2 Å². The number of benzene rings is 1. The van der Waals surface area contributed by atoms with Gasteiger partial charge in [-0.1, -0.05) is 0 Å². The molecule has 0 bridgehead atoms. The highest BCUT2D eigenvalue weighted by molar-refractivity contribution is 5.73.